The molecule has 0 amide bonds. The molecule has 5 heteroatoms. The van der Waals surface area contributed by atoms with E-state index in [4.69, 9.17) is 4.74 Å². The number of methoxy groups -OCH3 is 1. The summed E-state index contributed by atoms with van der Waals surface area (Å²) in [6.45, 7) is 0.958. The normalized spacial score (nSPS) is 21.2. The van der Waals surface area contributed by atoms with E-state index in [1.165, 1.54) is 12.0 Å². The molecular formula is C21H26ClNO3. The van der Waals surface area contributed by atoms with Crippen LogP contribution < -0.4 is 4.74 Å². The predicted octanol–water partition coefficient (Wildman–Crippen LogP) is 4.18. The molecule has 2 aliphatic rings. The summed E-state index contributed by atoms with van der Waals surface area (Å²) < 4.78 is 5.31. The average molecular weight is 376 g/mol. The summed E-state index contributed by atoms with van der Waals surface area (Å²) in [5.41, 5.74) is 3.69. The number of fused-ring (bicyclic) bond motifs is 1. The zero-order valence-corrected chi connectivity index (χ0v) is 16.1. The molecule has 0 spiro atoms. The molecule has 1 atom stereocenters. The van der Waals surface area contributed by atoms with Gasteiger partial charge in [0.25, 0.3) is 0 Å². The maximum atomic E-state index is 10.1. The Labute approximate surface area is 160 Å². The van der Waals surface area contributed by atoms with Gasteiger partial charge in [0.2, 0.25) is 0 Å². The number of phenols is 2. The van der Waals surface area contributed by atoms with Crippen LogP contribution in [0.2, 0.25) is 0 Å². The molecule has 0 bridgehead atoms. The molecular weight excluding hydrogens is 350 g/mol. The summed E-state index contributed by atoms with van der Waals surface area (Å²) in [4.78, 5) is 2.40. The zero-order valence-electron chi connectivity index (χ0n) is 15.2. The van der Waals surface area contributed by atoms with E-state index in [9.17, 15) is 10.2 Å². The average Bonchev–Trinajstić information content (AvgIpc) is 2.58. The van der Waals surface area contributed by atoms with Gasteiger partial charge in [0.05, 0.1) is 7.11 Å². The summed E-state index contributed by atoms with van der Waals surface area (Å²) in [6, 6.07) is 12.2. The molecule has 1 fully saturated rings. The first kappa shape index (κ1) is 18.9. The second kappa shape index (κ2) is 7.01. The molecule has 0 saturated heterocycles. The van der Waals surface area contributed by atoms with E-state index in [1.54, 1.807) is 19.2 Å². The van der Waals surface area contributed by atoms with Crippen LogP contribution in [0.5, 0.6) is 17.2 Å². The first-order valence-corrected chi connectivity index (χ1v) is 8.95. The Kier molecular flexibility index (Phi) is 5.09. The van der Waals surface area contributed by atoms with Gasteiger partial charge in [-0.2, -0.15) is 0 Å². The van der Waals surface area contributed by atoms with Crippen LogP contribution in [0.4, 0.5) is 0 Å². The highest BCUT2D eigenvalue weighted by Gasteiger charge is 2.49. The summed E-state index contributed by atoms with van der Waals surface area (Å²) in [6.07, 6.45) is 4.38. The van der Waals surface area contributed by atoms with Crippen LogP contribution in [0.3, 0.4) is 0 Å². The van der Waals surface area contributed by atoms with E-state index < -0.39 is 0 Å². The largest absolute Gasteiger partial charge is 0.504 e. The topological polar surface area (TPSA) is 52.9 Å². The van der Waals surface area contributed by atoms with Crippen LogP contribution in [0, 0.1) is 0 Å². The molecule has 4 nitrogen and oxygen atoms in total. The van der Waals surface area contributed by atoms with Crippen molar-refractivity contribution < 1.29 is 14.9 Å². The number of nitrogens with zero attached hydrogens (tertiary/aromatic N) is 1. The van der Waals surface area contributed by atoms with Gasteiger partial charge in [0.15, 0.2) is 11.5 Å². The Morgan fingerprint density at radius 1 is 1.08 bits per heavy atom. The molecule has 1 aliphatic heterocycles. The first-order valence-electron chi connectivity index (χ1n) is 8.95. The SMILES string of the molecule is COc1ccc(C2(C3c4cc(O)c(O)cc4CCN3C)CCC2)cc1.Cl. The van der Waals surface area contributed by atoms with Gasteiger partial charge in [-0.3, -0.25) is 4.90 Å². The Hall–Kier alpha value is -1.91. The van der Waals surface area contributed by atoms with Crippen molar-refractivity contribution in [2.75, 3.05) is 20.7 Å². The van der Waals surface area contributed by atoms with Crippen molar-refractivity contribution in [2.45, 2.75) is 37.1 Å². The molecule has 4 rings (SSSR count). The standard InChI is InChI=1S/C21H25NO3.ClH/c1-22-11-8-14-12-18(23)19(24)13-17(14)20(22)21(9-3-10-21)15-4-6-16(25-2)7-5-15;/h4-7,12-13,20,23-24H,3,8-11H2,1-2H3;1H. The van der Waals surface area contributed by atoms with E-state index in [0.29, 0.717) is 0 Å². The second-order valence-electron chi connectivity index (χ2n) is 7.41. The zero-order chi connectivity index (χ0) is 17.6. The fourth-order valence-corrected chi connectivity index (χ4v) is 4.69. The third-order valence-electron chi connectivity index (χ3n) is 6.14. The molecule has 0 radical (unpaired) electrons. The van der Waals surface area contributed by atoms with Gasteiger partial charge < -0.3 is 14.9 Å². The van der Waals surface area contributed by atoms with Crippen molar-refractivity contribution in [2.24, 2.45) is 0 Å². The fraction of sp³-hybridized carbons (Fsp3) is 0.429. The Morgan fingerprint density at radius 2 is 1.73 bits per heavy atom. The number of benzene rings is 2. The number of hydrogen-bond acceptors (Lipinski definition) is 4. The van der Waals surface area contributed by atoms with Crippen molar-refractivity contribution >= 4 is 12.4 Å². The quantitative estimate of drug-likeness (QED) is 0.790. The lowest BCUT2D eigenvalue weighted by atomic mass is 9.57. The fourth-order valence-electron chi connectivity index (χ4n) is 4.69. The number of phenolic OH excluding ortho intramolecular Hbond substituents is 2. The number of ether oxygens (including phenoxy) is 1. The lowest BCUT2D eigenvalue weighted by Gasteiger charge is -2.53. The molecule has 2 aromatic carbocycles. The predicted molar refractivity (Wildman–Crippen MR) is 105 cm³/mol. The van der Waals surface area contributed by atoms with Crippen molar-refractivity contribution in [1.29, 1.82) is 0 Å². The number of halogens is 1. The molecule has 0 aromatic heterocycles. The minimum Gasteiger partial charge on any atom is -0.504 e. The minimum atomic E-state index is -0.0248. The molecule has 26 heavy (non-hydrogen) atoms. The monoisotopic (exact) mass is 375 g/mol. The third kappa shape index (κ3) is 2.81. The van der Waals surface area contributed by atoms with Gasteiger partial charge in [-0.05, 0) is 67.3 Å². The Balaban J connectivity index is 0.00000196. The molecule has 1 aliphatic carbocycles. The molecule has 1 saturated carbocycles. The number of likely N-dealkylation sites (N-methyl/N-ethyl adjacent to an activating group) is 1. The Morgan fingerprint density at radius 3 is 2.31 bits per heavy atom. The molecule has 1 unspecified atom stereocenters. The molecule has 2 aromatic rings. The summed E-state index contributed by atoms with van der Waals surface area (Å²) in [5.74, 6) is 0.829. The molecule has 2 N–H and O–H groups in total. The van der Waals surface area contributed by atoms with Gasteiger partial charge >= 0.3 is 0 Å². The van der Waals surface area contributed by atoms with E-state index in [-0.39, 0.29) is 35.4 Å². The van der Waals surface area contributed by atoms with Gasteiger partial charge in [0, 0.05) is 18.0 Å². The van der Waals surface area contributed by atoms with Gasteiger partial charge in [0.1, 0.15) is 5.75 Å². The van der Waals surface area contributed by atoms with Crippen LogP contribution in [0.1, 0.15) is 42.0 Å². The van der Waals surface area contributed by atoms with Crippen molar-refractivity contribution in [3.63, 3.8) is 0 Å². The van der Waals surface area contributed by atoms with Crippen LogP contribution in [-0.2, 0) is 11.8 Å². The highest BCUT2D eigenvalue weighted by molar-refractivity contribution is 5.85. The maximum absolute atomic E-state index is 10.1. The Bertz CT molecular complexity index is 787. The smallest absolute Gasteiger partial charge is 0.157 e. The van der Waals surface area contributed by atoms with Crippen LogP contribution in [-0.4, -0.2) is 35.8 Å². The van der Waals surface area contributed by atoms with Crippen molar-refractivity contribution in [1.82, 2.24) is 4.90 Å². The lowest BCUT2D eigenvalue weighted by Crippen LogP contribution is -2.49. The number of hydrogen-bond donors (Lipinski definition) is 2. The van der Waals surface area contributed by atoms with Gasteiger partial charge in [-0.25, -0.2) is 0 Å². The van der Waals surface area contributed by atoms with E-state index in [0.717, 1.165) is 42.7 Å². The number of aromatic hydroxyl groups is 2. The van der Waals surface area contributed by atoms with E-state index in [1.807, 2.05) is 12.1 Å². The van der Waals surface area contributed by atoms with Crippen LogP contribution in [0.25, 0.3) is 0 Å². The molecule has 140 valence electrons. The number of rotatable bonds is 3. The molecule has 1 heterocycles. The summed E-state index contributed by atoms with van der Waals surface area (Å²) in [5, 5.41) is 20.0. The van der Waals surface area contributed by atoms with Crippen LogP contribution >= 0.6 is 12.4 Å². The third-order valence-corrected chi connectivity index (χ3v) is 6.14. The lowest BCUT2D eigenvalue weighted by molar-refractivity contribution is 0.0714. The first-order chi connectivity index (χ1) is 12.0. The van der Waals surface area contributed by atoms with E-state index >= 15 is 0 Å². The highest BCUT2D eigenvalue weighted by atomic mass is 35.5. The van der Waals surface area contributed by atoms with Crippen LogP contribution in [0.15, 0.2) is 36.4 Å². The second-order valence-corrected chi connectivity index (χ2v) is 7.41. The van der Waals surface area contributed by atoms with E-state index in [2.05, 4.69) is 24.1 Å². The van der Waals surface area contributed by atoms with Gasteiger partial charge in [-0.1, -0.05) is 18.6 Å². The minimum absolute atomic E-state index is 0. The summed E-state index contributed by atoms with van der Waals surface area (Å²) >= 11 is 0. The van der Waals surface area contributed by atoms with Crippen molar-refractivity contribution in [3.05, 3.63) is 53.1 Å². The maximum Gasteiger partial charge on any atom is 0.157 e. The van der Waals surface area contributed by atoms with Gasteiger partial charge in [-0.15, -0.1) is 12.4 Å². The summed E-state index contributed by atoms with van der Waals surface area (Å²) in [7, 11) is 3.86. The van der Waals surface area contributed by atoms with Crippen molar-refractivity contribution in [3.8, 4) is 17.2 Å². The highest BCUT2D eigenvalue weighted by Crippen LogP contribution is 2.56.